The Kier molecular flexibility index (Phi) is 3.50. The average Bonchev–Trinajstić information content (AvgIpc) is 3.10. The average molecular weight is 304 g/mol. The molecule has 0 aliphatic carbocycles. The van der Waals surface area contributed by atoms with E-state index in [1.165, 1.54) is 16.8 Å². The van der Waals surface area contributed by atoms with Gasteiger partial charge in [-0.15, -0.1) is 0 Å². The quantitative estimate of drug-likeness (QED) is 0.546. The number of hydrogen-bond acceptors (Lipinski definition) is 2. The predicted molar refractivity (Wildman–Crippen MR) is 82.9 cm³/mol. The SMILES string of the molecule is C=C(C)CN1C(=[N+]2CCCC2)N=C2C1C(=O)N(C)C(=O)N2C. The van der Waals surface area contributed by atoms with Gasteiger partial charge in [-0.2, -0.15) is 0 Å². The highest BCUT2D eigenvalue weighted by molar-refractivity contribution is 6.25. The van der Waals surface area contributed by atoms with E-state index in [1.54, 1.807) is 7.05 Å². The number of aliphatic imine (C=N–C) groups is 1. The van der Waals surface area contributed by atoms with Gasteiger partial charge in [-0.25, -0.2) is 9.69 Å². The first-order valence-corrected chi connectivity index (χ1v) is 7.58. The number of urea groups is 1. The molecule has 3 heterocycles. The third kappa shape index (κ3) is 2.12. The number of fused-ring (bicyclic) bond motifs is 1. The zero-order valence-corrected chi connectivity index (χ0v) is 13.4. The number of carbonyl (C=O) groups is 2. The van der Waals surface area contributed by atoms with Gasteiger partial charge in [0.2, 0.25) is 11.9 Å². The molecule has 0 spiro atoms. The van der Waals surface area contributed by atoms with E-state index in [9.17, 15) is 9.59 Å². The van der Waals surface area contributed by atoms with Crippen LogP contribution in [0.4, 0.5) is 4.79 Å². The van der Waals surface area contributed by atoms with Crippen molar-refractivity contribution in [2.75, 3.05) is 33.7 Å². The number of amidine groups is 1. The molecule has 3 aliphatic rings. The lowest BCUT2D eigenvalue weighted by atomic mass is 10.1. The van der Waals surface area contributed by atoms with E-state index in [0.717, 1.165) is 37.5 Å². The van der Waals surface area contributed by atoms with Crippen LogP contribution >= 0.6 is 0 Å². The maximum absolute atomic E-state index is 12.6. The van der Waals surface area contributed by atoms with Gasteiger partial charge in [0, 0.05) is 14.1 Å². The van der Waals surface area contributed by atoms with E-state index in [-0.39, 0.29) is 11.9 Å². The number of hydrogen-bond donors (Lipinski definition) is 0. The van der Waals surface area contributed by atoms with E-state index >= 15 is 0 Å². The molecule has 22 heavy (non-hydrogen) atoms. The minimum atomic E-state index is -0.528. The fourth-order valence-electron chi connectivity index (χ4n) is 3.21. The first-order chi connectivity index (χ1) is 10.4. The first kappa shape index (κ1) is 14.7. The maximum Gasteiger partial charge on any atom is 0.392 e. The van der Waals surface area contributed by atoms with Crippen molar-refractivity contribution in [2.24, 2.45) is 4.99 Å². The Bertz CT molecular complexity index is 613. The Hall–Kier alpha value is -2.18. The lowest BCUT2D eigenvalue weighted by Gasteiger charge is -2.33. The molecule has 0 saturated carbocycles. The van der Waals surface area contributed by atoms with Crippen molar-refractivity contribution in [3.8, 4) is 0 Å². The van der Waals surface area contributed by atoms with Crippen molar-refractivity contribution < 1.29 is 14.2 Å². The Morgan fingerprint density at radius 1 is 1.27 bits per heavy atom. The Labute approximate surface area is 130 Å². The number of likely N-dealkylation sites (N-methyl/N-ethyl adjacent to an activating group) is 2. The summed E-state index contributed by atoms with van der Waals surface area (Å²) in [5.74, 6) is 1.09. The molecule has 7 nitrogen and oxygen atoms in total. The van der Waals surface area contributed by atoms with Gasteiger partial charge in [0.05, 0.1) is 19.6 Å². The number of imide groups is 1. The molecule has 3 aliphatic heterocycles. The Morgan fingerprint density at radius 2 is 1.91 bits per heavy atom. The molecule has 0 aromatic rings. The van der Waals surface area contributed by atoms with Crippen LogP contribution in [0.3, 0.4) is 0 Å². The topological polar surface area (TPSA) is 59.2 Å². The number of guanidine groups is 1. The minimum absolute atomic E-state index is 0.225. The first-order valence-electron chi connectivity index (χ1n) is 7.58. The van der Waals surface area contributed by atoms with Gasteiger partial charge in [0.1, 0.15) is 0 Å². The van der Waals surface area contributed by atoms with Crippen molar-refractivity contribution in [1.29, 1.82) is 0 Å². The predicted octanol–water partition coefficient (Wildman–Crippen LogP) is 0.331. The monoisotopic (exact) mass is 304 g/mol. The Balaban J connectivity index is 2.07. The third-order valence-electron chi connectivity index (χ3n) is 4.34. The molecule has 2 saturated heterocycles. The molecule has 3 amide bonds. The van der Waals surface area contributed by atoms with Crippen LogP contribution in [0.2, 0.25) is 0 Å². The largest absolute Gasteiger partial charge is 0.392 e. The summed E-state index contributed by atoms with van der Waals surface area (Å²) in [5.41, 5.74) is 0.961. The second kappa shape index (κ2) is 5.23. The zero-order chi connectivity index (χ0) is 16.0. The molecular formula is C15H22N5O2+. The van der Waals surface area contributed by atoms with Crippen molar-refractivity contribution in [3.05, 3.63) is 12.2 Å². The molecule has 1 unspecified atom stereocenters. The van der Waals surface area contributed by atoms with Crippen LogP contribution < -0.4 is 0 Å². The number of rotatable bonds is 2. The van der Waals surface area contributed by atoms with Crippen LogP contribution in [-0.2, 0) is 4.79 Å². The van der Waals surface area contributed by atoms with Gasteiger partial charge in [-0.1, -0.05) is 11.6 Å². The molecular weight excluding hydrogens is 282 g/mol. The number of carbonyl (C=O) groups excluding carboxylic acids is 2. The van der Waals surface area contributed by atoms with E-state index < -0.39 is 6.04 Å². The molecule has 2 fully saturated rings. The highest BCUT2D eigenvalue weighted by Crippen LogP contribution is 2.24. The van der Waals surface area contributed by atoms with Gasteiger partial charge in [0.15, 0.2) is 0 Å². The maximum atomic E-state index is 12.6. The molecule has 0 bridgehead atoms. The summed E-state index contributed by atoms with van der Waals surface area (Å²) in [6.07, 6.45) is 2.26. The van der Waals surface area contributed by atoms with E-state index in [4.69, 9.17) is 0 Å². The number of nitrogens with zero attached hydrogens (tertiary/aromatic N) is 5. The number of amides is 3. The summed E-state index contributed by atoms with van der Waals surface area (Å²) in [5, 5.41) is 0. The van der Waals surface area contributed by atoms with Crippen molar-refractivity contribution in [3.63, 3.8) is 0 Å². The van der Waals surface area contributed by atoms with Crippen LogP contribution in [0.1, 0.15) is 19.8 Å². The summed E-state index contributed by atoms with van der Waals surface area (Å²) < 4.78 is 2.19. The van der Waals surface area contributed by atoms with Crippen LogP contribution in [0.15, 0.2) is 17.1 Å². The van der Waals surface area contributed by atoms with Crippen LogP contribution in [-0.4, -0.2) is 82.8 Å². The summed E-state index contributed by atoms with van der Waals surface area (Å²) in [4.78, 5) is 34.0. The van der Waals surface area contributed by atoms with Crippen molar-refractivity contribution in [2.45, 2.75) is 25.8 Å². The standard InChI is InChI=1S/C15H22N5O2/c1-10(2)9-20-11-12(16-14(20)19-7-5-6-8-19)17(3)15(22)18(4)13(11)21/h11H,1,5-9H2,2-4H3/q+1. The lowest BCUT2D eigenvalue weighted by Crippen LogP contribution is -2.63. The summed E-state index contributed by atoms with van der Waals surface area (Å²) >= 11 is 0. The van der Waals surface area contributed by atoms with E-state index in [1.807, 2.05) is 11.8 Å². The van der Waals surface area contributed by atoms with Gasteiger partial charge in [-0.3, -0.25) is 19.2 Å². The molecule has 3 rings (SSSR count). The Morgan fingerprint density at radius 3 is 2.50 bits per heavy atom. The molecule has 7 heteroatoms. The van der Waals surface area contributed by atoms with Gasteiger partial charge >= 0.3 is 12.0 Å². The second-order valence-electron chi connectivity index (χ2n) is 6.19. The lowest BCUT2D eigenvalue weighted by molar-refractivity contribution is -0.511. The normalized spacial score (nSPS) is 25.1. The van der Waals surface area contributed by atoms with Crippen LogP contribution in [0, 0.1) is 0 Å². The molecule has 118 valence electrons. The summed E-state index contributed by atoms with van der Waals surface area (Å²) in [7, 11) is 3.19. The minimum Gasteiger partial charge on any atom is -0.270 e. The van der Waals surface area contributed by atoms with Gasteiger partial charge in [0.25, 0.3) is 5.91 Å². The fraction of sp³-hybridized carbons (Fsp3) is 0.600. The van der Waals surface area contributed by atoms with E-state index in [0.29, 0.717) is 12.4 Å². The van der Waals surface area contributed by atoms with E-state index in [2.05, 4.69) is 16.1 Å². The molecule has 0 N–H and O–H groups in total. The smallest absolute Gasteiger partial charge is 0.270 e. The highest BCUT2D eigenvalue weighted by atomic mass is 16.2. The highest BCUT2D eigenvalue weighted by Gasteiger charge is 2.55. The molecule has 0 aromatic carbocycles. The van der Waals surface area contributed by atoms with Gasteiger partial charge < -0.3 is 0 Å². The van der Waals surface area contributed by atoms with Crippen LogP contribution in [0.5, 0.6) is 0 Å². The summed E-state index contributed by atoms with van der Waals surface area (Å²) in [6.45, 7) is 8.34. The van der Waals surface area contributed by atoms with Crippen molar-refractivity contribution in [1.82, 2.24) is 14.7 Å². The molecule has 0 aromatic heterocycles. The third-order valence-corrected chi connectivity index (χ3v) is 4.34. The molecule has 0 radical (unpaired) electrons. The zero-order valence-electron chi connectivity index (χ0n) is 13.4. The van der Waals surface area contributed by atoms with Gasteiger partial charge in [-0.05, 0) is 25.3 Å². The van der Waals surface area contributed by atoms with Crippen LogP contribution in [0.25, 0.3) is 0 Å². The summed E-state index contributed by atoms with van der Waals surface area (Å²) in [6, 6.07) is -0.863. The fourth-order valence-corrected chi connectivity index (χ4v) is 3.21. The molecule has 1 atom stereocenters. The second-order valence-corrected chi connectivity index (χ2v) is 6.19. The van der Waals surface area contributed by atoms with Crippen molar-refractivity contribution >= 4 is 23.7 Å².